The lowest BCUT2D eigenvalue weighted by Crippen LogP contribution is -2.43. The van der Waals surface area contributed by atoms with Crippen LogP contribution in [0.5, 0.6) is 0 Å². The van der Waals surface area contributed by atoms with Crippen LogP contribution < -0.4 is 10.6 Å². The zero-order chi connectivity index (χ0) is 23.0. The van der Waals surface area contributed by atoms with Gasteiger partial charge in [0.05, 0.1) is 12.1 Å². The molecule has 1 aliphatic carbocycles. The molecule has 0 bridgehead atoms. The van der Waals surface area contributed by atoms with Crippen LogP contribution in [0.15, 0.2) is 18.2 Å². The smallest absolute Gasteiger partial charge is 0.352 e. The lowest BCUT2D eigenvalue weighted by atomic mass is 9.86. The van der Waals surface area contributed by atoms with Crippen LogP contribution >= 0.6 is 0 Å². The maximum Gasteiger partial charge on any atom is 0.416 e. The summed E-state index contributed by atoms with van der Waals surface area (Å²) in [6, 6.07) is 2.86. The number of hydrogen-bond donors (Lipinski definition) is 2. The summed E-state index contributed by atoms with van der Waals surface area (Å²) in [5.74, 6) is -0.342. The first-order chi connectivity index (χ1) is 14.7. The fourth-order valence-electron chi connectivity index (χ4n) is 3.89. The third-order valence-corrected chi connectivity index (χ3v) is 5.79. The number of alkyl halides is 4. The van der Waals surface area contributed by atoms with Crippen molar-refractivity contribution in [3.8, 4) is 0 Å². The number of halogens is 4. The lowest BCUT2D eigenvalue weighted by molar-refractivity contribution is -0.137. The van der Waals surface area contributed by atoms with E-state index in [4.69, 9.17) is 0 Å². The van der Waals surface area contributed by atoms with Crippen LogP contribution in [0.2, 0.25) is 0 Å². The second kappa shape index (κ2) is 11.5. The molecule has 0 unspecified atom stereocenters. The van der Waals surface area contributed by atoms with Gasteiger partial charge in [0, 0.05) is 31.2 Å². The van der Waals surface area contributed by atoms with E-state index in [0.717, 1.165) is 43.9 Å². The van der Waals surface area contributed by atoms with Gasteiger partial charge in [-0.1, -0.05) is 0 Å². The molecule has 2 amide bonds. The van der Waals surface area contributed by atoms with Gasteiger partial charge in [0.1, 0.15) is 6.67 Å². The molecule has 1 saturated carbocycles. The minimum absolute atomic E-state index is 0.0770. The predicted octanol–water partition coefficient (Wildman–Crippen LogP) is 3.92. The van der Waals surface area contributed by atoms with Crippen LogP contribution in [0.25, 0.3) is 0 Å². The van der Waals surface area contributed by atoms with Gasteiger partial charge in [-0.2, -0.15) is 13.2 Å². The van der Waals surface area contributed by atoms with Crippen molar-refractivity contribution in [1.29, 1.82) is 0 Å². The minimum atomic E-state index is -4.64. The van der Waals surface area contributed by atoms with Gasteiger partial charge >= 0.3 is 6.18 Å². The number of nitrogens with one attached hydrogen (secondary N) is 2. The molecule has 2 rings (SSSR count). The molecule has 2 N–H and O–H groups in total. The maximum absolute atomic E-state index is 13.0. The molecule has 1 aromatic rings. The molecule has 0 saturated heterocycles. The van der Waals surface area contributed by atoms with Gasteiger partial charge in [-0.05, 0) is 69.2 Å². The van der Waals surface area contributed by atoms with Crippen LogP contribution in [0.4, 0.5) is 17.6 Å². The first kappa shape index (κ1) is 25.1. The van der Waals surface area contributed by atoms with Crippen molar-refractivity contribution >= 4 is 11.8 Å². The molecular weight excluding hydrogens is 414 g/mol. The standard InChI is InChI=1S/C22H31F4N3O2/c1-3-29(4-2)20(30)14-27-19-7-5-15(6-8-19)13-28-21(31)17-9-16(12-23)10-18(11-17)22(24,25)26/h9-11,15,19,27H,3-8,12-14H2,1-2H3,(H,28,31)/t15-,19-. The highest BCUT2D eigenvalue weighted by Gasteiger charge is 2.32. The second-order valence-corrected chi connectivity index (χ2v) is 7.92. The first-order valence-electron chi connectivity index (χ1n) is 10.7. The Kier molecular flexibility index (Phi) is 9.28. The van der Waals surface area contributed by atoms with E-state index < -0.39 is 24.3 Å². The molecule has 1 fully saturated rings. The number of nitrogens with zero attached hydrogens (tertiary/aromatic N) is 1. The fourth-order valence-corrected chi connectivity index (χ4v) is 3.89. The number of carbonyl (C=O) groups excluding carboxylic acids is 2. The van der Waals surface area contributed by atoms with Crippen LogP contribution in [-0.4, -0.2) is 48.9 Å². The second-order valence-electron chi connectivity index (χ2n) is 7.92. The van der Waals surface area contributed by atoms with Crippen molar-refractivity contribution < 1.29 is 27.2 Å². The third-order valence-electron chi connectivity index (χ3n) is 5.79. The normalized spacial score (nSPS) is 19.2. The van der Waals surface area contributed by atoms with E-state index in [1.54, 1.807) is 4.90 Å². The minimum Gasteiger partial charge on any atom is -0.352 e. The summed E-state index contributed by atoms with van der Waals surface area (Å²) in [7, 11) is 0. The SMILES string of the molecule is CCN(CC)C(=O)CN[C@H]1CC[C@H](CNC(=O)c2cc(CF)cc(C(F)(F)F)c2)CC1. The molecule has 0 aliphatic heterocycles. The van der Waals surface area contributed by atoms with Gasteiger partial charge in [-0.15, -0.1) is 0 Å². The van der Waals surface area contributed by atoms with Gasteiger partial charge < -0.3 is 15.5 Å². The predicted molar refractivity (Wildman–Crippen MR) is 110 cm³/mol. The van der Waals surface area contributed by atoms with Crippen molar-refractivity contribution in [1.82, 2.24) is 15.5 Å². The highest BCUT2D eigenvalue weighted by molar-refractivity contribution is 5.94. The maximum atomic E-state index is 13.0. The van der Waals surface area contributed by atoms with E-state index in [1.807, 2.05) is 13.8 Å². The van der Waals surface area contributed by atoms with E-state index in [2.05, 4.69) is 10.6 Å². The van der Waals surface area contributed by atoms with E-state index >= 15 is 0 Å². The van der Waals surface area contributed by atoms with E-state index in [9.17, 15) is 27.2 Å². The van der Waals surface area contributed by atoms with Gasteiger partial charge in [-0.25, -0.2) is 4.39 Å². The van der Waals surface area contributed by atoms with Crippen molar-refractivity contribution in [2.75, 3.05) is 26.2 Å². The largest absolute Gasteiger partial charge is 0.416 e. The zero-order valence-electron chi connectivity index (χ0n) is 18.0. The Labute approximate surface area is 180 Å². The summed E-state index contributed by atoms with van der Waals surface area (Å²) < 4.78 is 51.8. The van der Waals surface area contributed by atoms with Gasteiger partial charge in [0.25, 0.3) is 5.91 Å². The molecule has 31 heavy (non-hydrogen) atoms. The van der Waals surface area contributed by atoms with Crippen LogP contribution in [0.1, 0.15) is 61.0 Å². The third kappa shape index (κ3) is 7.48. The highest BCUT2D eigenvalue weighted by atomic mass is 19.4. The molecule has 1 aliphatic rings. The fraction of sp³-hybridized carbons (Fsp3) is 0.636. The van der Waals surface area contributed by atoms with Crippen molar-refractivity contribution in [2.24, 2.45) is 5.92 Å². The monoisotopic (exact) mass is 445 g/mol. The molecule has 174 valence electrons. The molecule has 0 aromatic heterocycles. The van der Waals surface area contributed by atoms with Crippen molar-refractivity contribution in [3.63, 3.8) is 0 Å². The number of benzene rings is 1. The summed E-state index contributed by atoms with van der Waals surface area (Å²) in [6.07, 6.45) is -1.23. The Balaban J connectivity index is 1.81. The van der Waals surface area contributed by atoms with Crippen molar-refractivity contribution in [2.45, 2.75) is 58.4 Å². The average Bonchev–Trinajstić information content (AvgIpc) is 2.76. The van der Waals surface area contributed by atoms with Gasteiger partial charge in [0.15, 0.2) is 0 Å². The number of hydrogen-bond acceptors (Lipinski definition) is 3. The van der Waals surface area contributed by atoms with Crippen LogP contribution in [0, 0.1) is 5.92 Å². The van der Waals surface area contributed by atoms with E-state index in [1.165, 1.54) is 0 Å². The quantitative estimate of drug-likeness (QED) is 0.567. The Morgan fingerprint density at radius 3 is 2.26 bits per heavy atom. The first-order valence-corrected chi connectivity index (χ1v) is 10.7. The summed E-state index contributed by atoms with van der Waals surface area (Å²) in [5.41, 5.74) is -1.39. The van der Waals surface area contributed by atoms with Crippen molar-refractivity contribution in [3.05, 3.63) is 34.9 Å². The summed E-state index contributed by atoms with van der Waals surface area (Å²) in [5, 5.41) is 5.98. The Hall–Kier alpha value is -2.16. The zero-order valence-corrected chi connectivity index (χ0v) is 18.0. The number of amides is 2. The summed E-state index contributed by atoms with van der Waals surface area (Å²) in [6.45, 7) is 4.84. The average molecular weight is 446 g/mol. The summed E-state index contributed by atoms with van der Waals surface area (Å²) >= 11 is 0. The topological polar surface area (TPSA) is 61.4 Å². The molecule has 0 atom stereocenters. The number of rotatable bonds is 9. The number of likely N-dealkylation sites (N-methyl/N-ethyl adjacent to an activating group) is 1. The Bertz CT molecular complexity index is 743. The highest BCUT2D eigenvalue weighted by Crippen LogP contribution is 2.31. The summed E-state index contributed by atoms with van der Waals surface area (Å²) in [4.78, 5) is 26.2. The Morgan fingerprint density at radius 2 is 1.71 bits per heavy atom. The molecule has 0 heterocycles. The van der Waals surface area contributed by atoms with Gasteiger partial charge in [-0.3, -0.25) is 9.59 Å². The molecule has 0 radical (unpaired) electrons. The van der Waals surface area contributed by atoms with E-state index in [0.29, 0.717) is 26.2 Å². The van der Waals surface area contributed by atoms with Gasteiger partial charge in [0.2, 0.25) is 5.91 Å². The van der Waals surface area contributed by atoms with Crippen LogP contribution in [0.3, 0.4) is 0 Å². The van der Waals surface area contributed by atoms with Crippen LogP contribution in [-0.2, 0) is 17.6 Å². The molecule has 1 aromatic carbocycles. The molecular formula is C22H31F4N3O2. The lowest BCUT2D eigenvalue weighted by Gasteiger charge is -2.30. The molecule has 5 nitrogen and oxygen atoms in total. The number of carbonyl (C=O) groups is 2. The molecule has 0 spiro atoms. The van der Waals surface area contributed by atoms with E-state index in [-0.39, 0.29) is 29.0 Å². The Morgan fingerprint density at radius 1 is 1.06 bits per heavy atom. The molecule has 9 heteroatoms.